The Morgan fingerprint density at radius 1 is 1.38 bits per heavy atom. The number of halogens is 1. The quantitative estimate of drug-likeness (QED) is 0.757. The average Bonchev–Trinajstić information content (AvgIpc) is 2.35. The van der Waals surface area contributed by atoms with Crippen molar-refractivity contribution in [3.63, 3.8) is 0 Å². The number of hydrogen-bond acceptors (Lipinski definition) is 2. The van der Waals surface area contributed by atoms with Crippen LogP contribution in [0.1, 0.15) is 17.9 Å². The Morgan fingerprint density at radius 3 is 2.94 bits per heavy atom. The third kappa shape index (κ3) is 2.15. The van der Waals surface area contributed by atoms with Gasteiger partial charge in [-0.2, -0.15) is 5.26 Å². The molecule has 2 rings (SSSR count). The van der Waals surface area contributed by atoms with Gasteiger partial charge in [0.15, 0.2) is 0 Å². The monoisotopic (exact) mass is 230 g/mol. The maximum absolute atomic E-state index is 9.05. The lowest BCUT2D eigenvalue weighted by molar-refractivity contribution is 0.821. The molecule has 0 spiro atoms. The zero-order chi connectivity index (χ0) is 11.4. The molecule has 0 fully saturated rings. The number of aromatic nitrogens is 1. The Bertz CT molecular complexity index is 531. The van der Waals surface area contributed by atoms with Crippen LogP contribution in [0.4, 0.5) is 0 Å². The van der Waals surface area contributed by atoms with Gasteiger partial charge in [-0.1, -0.05) is 18.2 Å². The van der Waals surface area contributed by atoms with Crippen LogP contribution in [0.25, 0.3) is 10.9 Å². The molecule has 0 radical (unpaired) electrons. The first-order valence-electron chi connectivity index (χ1n) is 5.15. The van der Waals surface area contributed by atoms with Gasteiger partial charge >= 0.3 is 0 Å². The zero-order valence-corrected chi connectivity index (χ0v) is 9.48. The number of para-hydroxylation sites is 1. The van der Waals surface area contributed by atoms with Crippen LogP contribution in [0.2, 0.25) is 0 Å². The molecule has 0 aliphatic rings. The van der Waals surface area contributed by atoms with Crippen LogP contribution < -0.4 is 0 Å². The molecule has 3 heteroatoms. The molecule has 1 heterocycles. The predicted molar refractivity (Wildman–Crippen MR) is 65.4 cm³/mol. The lowest BCUT2D eigenvalue weighted by Gasteiger charge is -2.07. The minimum atomic E-state index is -0.158. The Hall–Kier alpha value is -1.59. The van der Waals surface area contributed by atoms with E-state index >= 15 is 0 Å². The first-order valence-corrected chi connectivity index (χ1v) is 5.69. The number of alkyl halides is 1. The second-order valence-corrected chi connectivity index (χ2v) is 4.00. The number of rotatable bonds is 3. The van der Waals surface area contributed by atoms with E-state index in [1.54, 1.807) is 6.20 Å². The maximum Gasteiger partial charge on any atom is 0.0739 e. The summed E-state index contributed by atoms with van der Waals surface area (Å²) < 4.78 is 0. The molecule has 2 nitrogen and oxygen atoms in total. The SMILES string of the molecule is N#C[C@@H](CCCl)c1cnc2ccccc2c1. The van der Waals surface area contributed by atoms with Crippen molar-refractivity contribution in [2.24, 2.45) is 0 Å². The van der Waals surface area contributed by atoms with E-state index in [-0.39, 0.29) is 5.92 Å². The van der Waals surface area contributed by atoms with Gasteiger partial charge in [0.05, 0.1) is 17.5 Å². The minimum Gasteiger partial charge on any atom is -0.256 e. The molecular formula is C13H11ClN2. The number of pyridine rings is 1. The van der Waals surface area contributed by atoms with Gasteiger partial charge in [0.25, 0.3) is 0 Å². The molecule has 0 N–H and O–H groups in total. The number of nitriles is 1. The molecule has 1 aromatic heterocycles. The number of benzene rings is 1. The van der Waals surface area contributed by atoms with E-state index in [0.29, 0.717) is 12.3 Å². The zero-order valence-electron chi connectivity index (χ0n) is 8.73. The van der Waals surface area contributed by atoms with Crippen molar-refractivity contribution >= 4 is 22.5 Å². The number of nitrogens with zero attached hydrogens (tertiary/aromatic N) is 2. The van der Waals surface area contributed by atoms with E-state index in [1.807, 2.05) is 30.3 Å². The lowest BCUT2D eigenvalue weighted by Crippen LogP contribution is -1.97. The van der Waals surface area contributed by atoms with Crippen molar-refractivity contribution in [1.29, 1.82) is 5.26 Å². The van der Waals surface area contributed by atoms with Crippen molar-refractivity contribution in [3.05, 3.63) is 42.1 Å². The first kappa shape index (κ1) is 10.9. The molecule has 2 aromatic rings. The first-order chi connectivity index (χ1) is 7.85. The van der Waals surface area contributed by atoms with Crippen LogP contribution in [-0.2, 0) is 0 Å². The molecule has 16 heavy (non-hydrogen) atoms. The topological polar surface area (TPSA) is 36.7 Å². The maximum atomic E-state index is 9.05. The van der Waals surface area contributed by atoms with E-state index in [9.17, 15) is 0 Å². The minimum absolute atomic E-state index is 0.158. The Labute approximate surface area is 99.5 Å². The van der Waals surface area contributed by atoms with Crippen LogP contribution >= 0.6 is 11.6 Å². The second kappa shape index (κ2) is 4.96. The van der Waals surface area contributed by atoms with Gasteiger partial charge in [-0.05, 0) is 24.1 Å². The Balaban J connectivity index is 2.42. The molecule has 1 atom stereocenters. The van der Waals surface area contributed by atoms with Crippen LogP contribution in [0.15, 0.2) is 36.5 Å². The highest BCUT2D eigenvalue weighted by molar-refractivity contribution is 6.17. The van der Waals surface area contributed by atoms with Gasteiger partial charge in [-0.25, -0.2) is 0 Å². The highest BCUT2D eigenvalue weighted by Gasteiger charge is 2.10. The molecule has 0 aliphatic heterocycles. The average molecular weight is 231 g/mol. The molecule has 0 bridgehead atoms. The molecule has 1 aromatic carbocycles. The van der Waals surface area contributed by atoms with Gasteiger partial charge in [-0.15, -0.1) is 11.6 Å². The van der Waals surface area contributed by atoms with Gasteiger partial charge in [0.1, 0.15) is 0 Å². The fraction of sp³-hybridized carbons (Fsp3) is 0.231. The van der Waals surface area contributed by atoms with Crippen LogP contribution in [-0.4, -0.2) is 10.9 Å². The van der Waals surface area contributed by atoms with Gasteiger partial charge in [0, 0.05) is 17.5 Å². The largest absolute Gasteiger partial charge is 0.256 e. The highest BCUT2D eigenvalue weighted by Crippen LogP contribution is 2.22. The second-order valence-electron chi connectivity index (χ2n) is 3.62. The fourth-order valence-electron chi connectivity index (χ4n) is 1.69. The van der Waals surface area contributed by atoms with Crippen LogP contribution in [0.5, 0.6) is 0 Å². The van der Waals surface area contributed by atoms with Crippen molar-refractivity contribution in [2.75, 3.05) is 5.88 Å². The molecule has 80 valence electrons. The summed E-state index contributed by atoms with van der Waals surface area (Å²) in [7, 11) is 0. The summed E-state index contributed by atoms with van der Waals surface area (Å²) in [5.41, 5.74) is 1.90. The summed E-state index contributed by atoms with van der Waals surface area (Å²) in [5.74, 6) is 0.333. The smallest absolute Gasteiger partial charge is 0.0739 e. The summed E-state index contributed by atoms with van der Waals surface area (Å²) in [4.78, 5) is 4.34. The summed E-state index contributed by atoms with van der Waals surface area (Å²) in [6, 6.07) is 12.2. The van der Waals surface area contributed by atoms with Crippen molar-refractivity contribution < 1.29 is 0 Å². The van der Waals surface area contributed by atoms with E-state index in [1.165, 1.54) is 0 Å². The number of hydrogen-bond donors (Lipinski definition) is 0. The summed E-state index contributed by atoms with van der Waals surface area (Å²) in [6.07, 6.45) is 2.43. The van der Waals surface area contributed by atoms with Gasteiger partial charge in [0.2, 0.25) is 0 Å². The van der Waals surface area contributed by atoms with Gasteiger partial charge in [-0.3, -0.25) is 4.98 Å². The van der Waals surface area contributed by atoms with E-state index in [0.717, 1.165) is 16.5 Å². The number of fused-ring (bicyclic) bond motifs is 1. The molecule has 0 saturated carbocycles. The predicted octanol–water partition coefficient (Wildman–Crippen LogP) is 3.47. The van der Waals surface area contributed by atoms with E-state index < -0.39 is 0 Å². The molecule has 0 saturated heterocycles. The van der Waals surface area contributed by atoms with E-state index in [4.69, 9.17) is 16.9 Å². The molecule has 0 amide bonds. The Morgan fingerprint density at radius 2 is 2.19 bits per heavy atom. The highest BCUT2D eigenvalue weighted by atomic mass is 35.5. The van der Waals surface area contributed by atoms with Crippen molar-refractivity contribution in [3.8, 4) is 6.07 Å². The summed E-state index contributed by atoms with van der Waals surface area (Å²) in [5, 5.41) is 10.1. The van der Waals surface area contributed by atoms with Crippen molar-refractivity contribution in [1.82, 2.24) is 4.98 Å². The molecular weight excluding hydrogens is 220 g/mol. The van der Waals surface area contributed by atoms with Crippen LogP contribution in [0, 0.1) is 11.3 Å². The van der Waals surface area contributed by atoms with Gasteiger partial charge < -0.3 is 0 Å². The summed E-state index contributed by atoms with van der Waals surface area (Å²) >= 11 is 5.67. The third-order valence-corrected chi connectivity index (χ3v) is 2.79. The van der Waals surface area contributed by atoms with E-state index in [2.05, 4.69) is 11.1 Å². The normalized spacial score (nSPS) is 12.2. The molecule has 0 unspecified atom stereocenters. The lowest BCUT2D eigenvalue weighted by atomic mass is 9.98. The van der Waals surface area contributed by atoms with Crippen LogP contribution in [0.3, 0.4) is 0 Å². The fourth-order valence-corrected chi connectivity index (χ4v) is 1.91. The van der Waals surface area contributed by atoms with Crippen molar-refractivity contribution in [2.45, 2.75) is 12.3 Å². The molecule has 0 aliphatic carbocycles. The standard InChI is InChI=1S/C13H11ClN2/c14-6-5-11(8-15)12-7-10-3-1-2-4-13(10)16-9-12/h1-4,7,9,11H,5-6H2/t11-/m1/s1. The summed E-state index contributed by atoms with van der Waals surface area (Å²) in [6.45, 7) is 0. The third-order valence-electron chi connectivity index (χ3n) is 2.57. The Kier molecular flexibility index (Phi) is 3.38.